The minimum atomic E-state index is -0.221. The molecular formula is C23H26N4O. The van der Waals surface area contributed by atoms with Crippen molar-refractivity contribution in [3.05, 3.63) is 83.3 Å². The van der Waals surface area contributed by atoms with Crippen LogP contribution in [0.3, 0.4) is 0 Å². The minimum Gasteiger partial charge on any atom is -0.347 e. The lowest BCUT2D eigenvalue weighted by Crippen LogP contribution is -2.24. The summed E-state index contributed by atoms with van der Waals surface area (Å²) in [6, 6.07) is 19.6. The van der Waals surface area contributed by atoms with Gasteiger partial charge in [0.1, 0.15) is 17.3 Å². The third-order valence-electron chi connectivity index (χ3n) is 4.36. The molecule has 28 heavy (non-hydrogen) atoms. The van der Waals surface area contributed by atoms with E-state index in [1.807, 2.05) is 48.5 Å². The first-order valence-corrected chi connectivity index (χ1v) is 9.37. The highest BCUT2D eigenvalue weighted by atomic mass is 16.1. The van der Waals surface area contributed by atoms with Gasteiger partial charge in [-0.3, -0.25) is 4.79 Å². The maximum atomic E-state index is 12.6. The number of anilines is 2. The number of nitrogens with zero attached hydrogens (tertiary/aromatic N) is 2. The molecule has 0 aliphatic rings. The van der Waals surface area contributed by atoms with Gasteiger partial charge in [-0.1, -0.05) is 69.3 Å². The number of carbonyl (C=O) groups excluding carboxylic acids is 1. The van der Waals surface area contributed by atoms with Crippen LogP contribution >= 0.6 is 0 Å². The van der Waals surface area contributed by atoms with E-state index in [4.69, 9.17) is 0 Å². The zero-order valence-corrected chi connectivity index (χ0v) is 16.8. The molecule has 3 aromatic rings. The Balaban J connectivity index is 1.80. The molecule has 0 saturated carbocycles. The van der Waals surface area contributed by atoms with Crippen molar-refractivity contribution >= 4 is 17.4 Å². The Labute approximate surface area is 166 Å². The highest BCUT2D eigenvalue weighted by molar-refractivity contribution is 5.93. The lowest BCUT2D eigenvalue weighted by atomic mass is 9.86. The first-order valence-electron chi connectivity index (χ1n) is 9.37. The summed E-state index contributed by atoms with van der Waals surface area (Å²) in [5.41, 5.74) is 3.53. The first-order chi connectivity index (χ1) is 13.3. The molecule has 0 unspecified atom stereocenters. The van der Waals surface area contributed by atoms with E-state index in [0.29, 0.717) is 23.9 Å². The fourth-order valence-corrected chi connectivity index (χ4v) is 3.00. The van der Waals surface area contributed by atoms with Crippen molar-refractivity contribution in [2.24, 2.45) is 0 Å². The molecule has 0 bridgehead atoms. The largest absolute Gasteiger partial charge is 0.347 e. The summed E-state index contributed by atoms with van der Waals surface area (Å²) in [4.78, 5) is 21.3. The molecule has 0 saturated heterocycles. The molecule has 0 fully saturated rings. The van der Waals surface area contributed by atoms with Crippen molar-refractivity contribution < 1.29 is 4.79 Å². The number of rotatable bonds is 5. The van der Waals surface area contributed by atoms with Gasteiger partial charge < -0.3 is 10.6 Å². The molecular weight excluding hydrogens is 348 g/mol. The van der Waals surface area contributed by atoms with Crippen molar-refractivity contribution in [3.8, 4) is 0 Å². The van der Waals surface area contributed by atoms with Crippen molar-refractivity contribution in [3.63, 3.8) is 0 Å². The molecule has 2 N–H and O–H groups in total. The number of benzene rings is 2. The van der Waals surface area contributed by atoms with Gasteiger partial charge in [0.05, 0.1) is 0 Å². The number of amides is 1. The second-order valence-corrected chi connectivity index (χ2v) is 7.77. The Hall–Kier alpha value is -3.21. The van der Waals surface area contributed by atoms with E-state index < -0.39 is 0 Å². The van der Waals surface area contributed by atoms with Crippen LogP contribution in [0, 0.1) is 6.92 Å². The topological polar surface area (TPSA) is 66.9 Å². The quantitative estimate of drug-likeness (QED) is 0.676. The van der Waals surface area contributed by atoms with Crippen LogP contribution in [0.15, 0.2) is 60.7 Å². The second-order valence-electron chi connectivity index (χ2n) is 7.77. The zero-order valence-electron chi connectivity index (χ0n) is 16.8. The molecule has 0 aliphatic carbocycles. The van der Waals surface area contributed by atoms with Gasteiger partial charge in [0.15, 0.2) is 0 Å². The number of hydrogen-bond acceptors (Lipinski definition) is 4. The monoisotopic (exact) mass is 374 g/mol. The van der Waals surface area contributed by atoms with Crippen LogP contribution < -0.4 is 10.6 Å². The Kier molecular flexibility index (Phi) is 5.73. The van der Waals surface area contributed by atoms with E-state index in [9.17, 15) is 4.79 Å². The van der Waals surface area contributed by atoms with E-state index >= 15 is 0 Å². The van der Waals surface area contributed by atoms with Gasteiger partial charge in [0.2, 0.25) is 0 Å². The minimum absolute atomic E-state index is 0.0123. The lowest BCUT2D eigenvalue weighted by molar-refractivity contribution is 0.0945. The Morgan fingerprint density at radius 1 is 0.964 bits per heavy atom. The van der Waals surface area contributed by atoms with Gasteiger partial charge in [0, 0.05) is 18.3 Å². The number of carbonyl (C=O) groups is 1. The third kappa shape index (κ3) is 4.94. The lowest BCUT2D eigenvalue weighted by Gasteiger charge is -2.23. The Bertz CT molecular complexity index is 962. The third-order valence-corrected chi connectivity index (χ3v) is 4.36. The molecule has 5 heteroatoms. The van der Waals surface area contributed by atoms with Crippen molar-refractivity contribution in [2.75, 3.05) is 5.32 Å². The summed E-state index contributed by atoms with van der Waals surface area (Å²) in [6.45, 7) is 8.75. The first kappa shape index (κ1) is 19.5. The van der Waals surface area contributed by atoms with Gasteiger partial charge >= 0.3 is 0 Å². The van der Waals surface area contributed by atoms with Crippen LogP contribution in [0.1, 0.15) is 48.2 Å². The highest BCUT2D eigenvalue weighted by Gasteiger charge is 2.18. The highest BCUT2D eigenvalue weighted by Crippen LogP contribution is 2.30. The van der Waals surface area contributed by atoms with Crippen molar-refractivity contribution in [1.82, 2.24) is 15.3 Å². The smallest absolute Gasteiger partial charge is 0.270 e. The van der Waals surface area contributed by atoms with E-state index in [0.717, 1.165) is 11.3 Å². The standard InChI is InChI=1S/C23H26N4O/c1-16-25-20(22(28)24-15-17-10-6-5-7-11-17)14-21(26-16)27-19-13-9-8-12-18(19)23(2,3)4/h5-14H,15H2,1-4H3,(H,24,28)(H,25,26,27). The predicted octanol–water partition coefficient (Wildman–Crippen LogP) is 4.76. The SMILES string of the molecule is Cc1nc(Nc2ccccc2C(C)(C)C)cc(C(=O)NCc2ccccc2)n1. The maximum Gasteiger partial charge on any atom is 0.270 e. The van der Waals surface area contributed by atoms with Crippen LogP contribution in [0.4, 0.5) is 11.5 Å². The molecule has 144 valence electrons. The molecule has 3 rings (SSSR count). The summed E-state index contributed by atoms with van der Waals surface area (Å²) >= 11 is 0. The van der Waals surface area contributed by atoms with Gasteiger partial charge in [-0.05, 0) is 29.5 Å². The normalized spacial score (nSPS) is 11.1. The molecule has 0 radical (unpaired) electrons. The summed E-state index contributed by atoms with van der Waals surface area (Å²) in [5, 5.41) is 6.27. The average Bonchev–Trinajstić information content (AvgIpc) is 2.66. The average molecular weight is 374 g/mol. The summed E-state index contributed by atoms with van der Waals surface area (Å²) in [7, 11) is 0. The van der Waals surface area contributed by atoms with Gasteiger partial charge in [-0.25, -0.2) is 9.97 Å². The van der Waals surface area contributed by atoms with E-state index in [2.05, 4.69) is 47.4 Å². The molecule has 0 atom stereocenters. The summed E-state index contributed by atoms with van der Waals surface area (Å²) < 4.78 is 0. The number of para-hydroxylation sites is 1. The van der Waals surface area contributed by atoms with Gasteiger partial charge in [-0.2, -0.15) is 0 Å². The Morgan fingerprint density at radius 3 is 2.36 bits per heavy atom. The summed E-state index contributed by atoms with van der Waals surface area (Å²) in [5.74, 6) is 0.929. The van der Waals surface area contributed by atoms with Crippen LogP contribution in [0.2, 0.25) is 0 Å². The number of hydrogen-bond donors (Lipinski definition) is 2. The van der Waals surface area contributed by atoms with E-state index in [1.54, 1.807) is 13.0 Å². The maximum absolute atomic E-state index is 12.6. The van der Waals surface area contributed by atoms with E-state index in [1.165, 1.54) is 5.56 Å². The van der Waals surface area contributed by atoms with Crippen molar-refractivity contribution in [2.45, 2.75) is 39.7 Å². The fraction of sp³-hybridized carbons (Fsp3) is 0.261. The molecule has 0 spiro atoms. The van der Waals surface area contributed by atoms with Gasteiger partial charge in [-0.15, -0.1) is 0 Å². The number of nitrogens with one attached hydrogen (secondary N) is 2. The molecule has 1 heterocycles. The zero-order chi connectivity index (χ0) is 20.1. The van der Waals surface area contributed by atoms with Crippen LogP contribution in [-0.2, 0) is 12.0 Å². The van der Waals surface area contributed by atoms with Crippen molar-refractivity contribution in [1.29, 1.82) is 0 Å². The van der Waals surface area contributed by atoms with Gasteiger partial charge in [0.25, 0.3) is 5.91 Å². The number of aryl methyl sites for hydroxylation is 1. The second kappa shape index (κ2) is 8.21. The molecule has 2 aromatic carbocycles. The molecule has 0 aliphatic heterocycles. The molecule has 1 aromatic heterocycles. The van der Waals surface area contributed by atoms with Crippen LogP contribution in [0.25, 0.3) is 0 Å². The van der Waals surface area contributed by atoms with Crippen LogP contribution in [0.5, 0.6) is 0 Å². The fourth-order valence-electron chi connectivity index (χ4n) is 3.00. The molecule has 1 amide bonds. The van der Waals surface area contributed by atoms with Crippen LogP contribution in [-0.4, -0.2) is 15.9 Å². The predicted molar refractivity (Wildman–Crippen MR) is 113 cm³/mol. The van der Waals surface area contributed by atoms with E-state index in [-0.39, 0.29) is 11.3 Å². The summed E-state index contributed by atoms with van der Waals surface area (Å²) in [6.07, 6.45) is 0. The molecule has 5 nitrogen and oxygen atoms in total. The Morgan fingerprint density at radius 2 is 1.64 bits per heavy atom. The number of aromatic nitrogens is 2.